The van der Waals surface area contributed by atoms with Gasteiger partial charge in [0.2, 0.25) is 5.91 Å². The number of nitrogens with two attached hydrogens (primary N) is 1. The molecule has 0 spiro atoms. The maximum Gasteiger partial charge on any atom is 0.226 e. The first kappa shape index (κ1) is 16.5. The predicted octanol–water partition coefficient (Wildman–Crippen LogP) is 4.37. The Balaban J connectivity index is 2.37. The molecule has 1 amide bonds. The fourth-order valence-corrected chi connectivity index (χ4v) is 2.35. The molecule has 0 fully saturated rings. The zero-order valence-electron chi connectivity index (χ0n) is 12.9. The van der Waals surface area contributed by atoms with E-state index in [9.17, 15) is 4.79 Å². The molecule has 20 heavy (non-hydrogen) atoms. The first-order valence-electron chi connectivity index (χ1n) is 7.85. The highest BCUT2D eigenvalue weighted by molar-refractivity contribution is 5.93. The van der Waals surface area contributed by atoms with Crippen LogP contribution in [0.3, 0.4) is 0 Å². The molecular weight excluding hydrogens is 248 g/mol. The number of nitrogen functional groups attached to an aromatic ring is 1. The third-order valence-corrected chi connectivity index (χ3v) is 3.57. The van der Waals surface area contributed by atoms with E-state index in [0.29, 0.717) is 13.0 Å². The molecule has 0 saturated carbocycles. The molecule has 1 aromatic rings. The van der Waals surface area contributed by atoms with Crippen molar-refractivity contribution >= 4 is 17.3 Å². The largest absolute Gasteiger partial charge is 0.399 e. The average Bonchev–Trinajstić information content (AvgIpc) is 2.45. The van der Waals surface area contributed by atoms with Gasteiger partial charge in [-0.05, 0) is 37.6 Å². The van der Waals surface area contributed by atoms with Crippen molar-refractivity contribution in [2.45, 2.75) is 58.8 Å². The van der Waals surface area contributed by atoms with Crippen LogP contribution in [0.2, 0.25) is 0 Å². The van der Waals surface area contributed by atoms with Gasteiger partial charge in [0, 0.05) is 24.3 Å². The Hall–Kier alpha value is -1.51. The molecule has 0 aliphatic heterocycles. The summed E-state index contributed by atoms with van der Waals surface area (Å²) in [4.78, 5) is 14.1. The van der Waals surface area contributed by atoms with Gasteiger partial charge in [-0.15, -0.1) is 0 Å². The van der Waals surface area contributed by atoms with Crippen LogP contribution in [0.5, 0.6) is 0 Å². The summed E-state index contributed by atoms with van der Waals surface area (Å²) in [5, 5.41) is 0. The maximum absolute atomic E-state index is 12.2. The third kappa shape index (κ3) is 5.64. The van der Waals surface area contributed by atoms with Crippen LogP contribution in [-0.2, 0) is 4.79 Å². The van der Waals surface area contributed by atoms with E-state index in [1.54, 1.807) is 0 Å². The molecular formula is C17H28N2O. The fraction of sp³-hybridized carbons (Fsp3) is 0.588. The number of hydrogen-bond donors (Lipinski definition) is 1. The quantitative estimate of drug-likeness (QED) is 0.537. The van der Waals surface area contributed by atoms with Gasteiger partial charge in [0.25, 0.3) is 0 Å². The highest BCUT2D eigenvalue weighted by Crippen LogP contribution is 2.18. The second-order valence-corrected chi connectivity index (χ2v) is 5.25. The summed E-state index contributed by atoms with van der Waals surface area (Å²) in [5.74, 6) is 0.216. The van der Waals surface area contributed by atoms with Gasteiger partial charge in [-0.25, -0.2) is 0 Å². The topological polar surface area (TPSA) is 46.3 Å². The lowest BCUT2D eigenvalue weighted by Gasteiger charge is -2.21. The SMILES string of the molecule is CCCCCCCCC(=O)N(CC)c1ccc(N)cc1. The van der Waals surface area contributed by atoms with Crippen LogP contribution >= 0.6 is 0 Å². The Morgan fingerprint density at radius 3 is 2.20 bits per heavy atom. The minimum Gasteiger partial charge on any atom is -0.399 e. The van der Waals surface area contributed by atoms with E-state index in [4.69, 9.17) is 5.73 Å². The predicted molar refractivity (Wildman–Crippen MR) is 86.9 cm³/mol. The minimum absolute atomic E-state index is 0.216. The van der Waals surface area contributed by atoms with E-state index in [1.807, 2.05) is 36.1 Å². The Kier molecular flexibility index (Phi) is 7.78. The zero-order chi connectivity index (χ0) is 14.8. The first-order chi connectivity index (χ1) is 9.69. The van der Waals surface area contributed by atoms with Crippen LogP contribution in [0.4, 0.5) is 11.4 Å². The van der Waals surface area contributed by atoms with Crippen LogP contribution < -0.4 is 10.6 Å². The maximum atomic E-state index is 12.2. The summed E-state index contributed by atoms with van der Waals surface area (Å²) >= 11 is 0. The summed E-state index contributed by atoms with van der Waals surface area (Å²) in [7, 11) is 0. The molecule has 0 heterocycles. The van der Waals surface area contributed by atoms with Crippen molar-refractivity contribution in [1.82, 2.24) is 0 Å². The summed E-state index contributed by atoms with van der Waals surface area (Å²) in [6.07, 6.45) is 7.90. The van der Waals surface area contributed by atoms with Crippen LogP contribution in [0.1, 0.15) is 58.8 Å². The standard InChI is InChI=1S/C17H28N2O/c1-3-5-6-7-8-9-10-17(20)19(4-2)16-13-11-15(18)12-14-16/h11-14H,3-10,18H2,1-2H3. The smallest absolute Gasteiger partial charge is 0.226 e. The zero-order valence-corrected chi connectivity index (χ0v) is 12.9. The lowest BCUT2D eigenvalue weighted by molar-refractivity contribution is -0.118. The molecule has 1 aromatic carbocycles. The van der Waals surface area contributed by atoms with Gasteiger partial charge in [-0.3, -0.25) is 4.79 Å². The van der Waals surface area contributed by atoms with Gasteiger partial charge in [0.05, 0.1) is 0 Å². The second kappa shape index (κ2) is 9.40. The molecule has 0 unspecified atom stereocenters. The molecule has 0 aromatic heterocycles. The number of hydrogen-bond acceptors (Lipinski definition) is 2. The van der Waals surface area contributed by atoms with E-state index in [-0.39, 0.29) is 5.91 Å². The monoisotopic (exact) mass is 276 g/mol. The number of nitrogens with zero attached hydrogens (tertiary/aromatic N) is 1. The van der Waals surface area contributed by atoms with Crippen LogP contribution in [0.25, 0.3) is 0 Å². The molecule has 3 nitrogen and oxygen atoms in total. The lowest BCUT2D eigenvalue weighted by Crippen LogP contribution is -2.30. The van der Waals surface area contributed by atoms with Gasteiger partial charge in [0.15, 0.2) is 0 Å². The van der Waals surface area contributed by atoms with Gasteiger partial charge in [-0.1, -0.05) is 39.0 Å². The average molecular weight is 276 g/mol. The van der Waals surface area contributed by atoms with Crippen LogP contribution in [-0.4, -0.2) is 12.5 Å². The molecule has 0 atom stereocenters. The molecule has 0 aliphatic carbocycles. The number of unbranched alkanes of at least 4 members (excludes halogenated alkanes) is 5. The van der Waals surface area contributed by atoms with Crippen molar-refractivity contribution in [3.8, 4) is 0 Å². The molecule has 0 saturated heterocycles. The van der Waals surface area contributed by atoms with E-state index in [2.05, 4.69) is 6.92 Å². The minimum atomic E-state index is 0.216. The first-order valence-corrected chi connectivity index (χ1v) is 7.85. The number of carbonyl (C=O) groups excluding carboxylic acids is 1. The van der Waals surface area contributed by atoms with Gasteiger partial charge in [-0.2, -0.15) is 0 Å². The lowest BCUT2D eigenvalue weighted by atomic mass is 10.1. The van der Waals surface area contributed by atoms with E-state index in [0.717, 1.165) is 24.2 Å². The van der Waals surface area contributed by atoms with Crippen molar-refractivity contribution in [3.63, 3.8) is 0 Å². The van der Waals surface area contributed by atoms with Crippen LogP contribution in [0, 0.1) is 0 Å². The Morgan fingerprint density at radius 2 is 1.60 bits per heavy atom. The van der Waals surface area contributed by atoms with Gasteiger partial charge in [0.1, 0.15) is 0 Å². The Labute approximate surface area is 123 Å². The Bertz CT molecular complexity index is 386. The molecule has 1 rings (SSSR count). The summed E-state index contributed by atoms with van der Waals surface area (Å²) in [6, 6.07) is 7.52. The number of amides is 1. The summed E-state index contributed by atoms with van der Waals surface area (Å²) in [6.45, 7) is 4.93. The van der Waals surface area contributed by atoms with Crippen molar-refractivity contribution in [3.05, 3.63) is 24.3 Å². The van der Waals surface area contributed by atoms with Crippen LogP contribution in [0.15, 0.2) is 24.3 Å². The van der Waals surface area contributed by atoms with E-state index in [1.165, 1.54) is 25.7 Å². The van der Waals surface area contributed by atoms with E-state index >= 15 is 0 Å². The number of anilines is 2. The number of benzene rings is 1. The fourth-order valence-electron chi connectivity index (χ4n) is 2.35. The van der Waals surface area contributed by atoms with E-state index < -0.39 is 0 Å². The molecule has 112 valence electrons. The highest BCUT2D eigenvalue weighted by atomic mass is 16.2. The molecule has 0 bridgehead atoms. The van der Waals surface area contributed by atoms with Crippen molar-refractivity contribution < 1.29 is 4.79 Å². The van der Waals surface area contributed by atoms with Crippen molar-refractivity contribution in [1.29, 1.82) is 0 Å². The number of rotatable bonds is 9. The normalized spacial score (nSPS) is 10.5. The summed E-state index contributed by atoms with van der Waals surface area (Å²) < 4.78 is 0. The Morgan fingerprint density at radius 1 is 1.00 bits per heavy atom. The molecule has 3 heteroatoms. The summed E-state index contributed by atoms with van der Waals surface area (Å²) in [5.41, 5.74) is 7.35. The van der Waals surface area contributed by atoms with Gasteiger partial charge >= 0.3 is 0 Å². The number of carbonyl (C=O) groups is 1. The van der Waals surface area contributed by atoms with Gasteiger partial charge < -0.3 is 10.6 Å². The van der Waals surface area contributed by atoms with Crippen molar-refractivity contribution in [2.24, 2.45) is 0 Å². The highest BCUT2D eigenvalue weighted by Gasteiger charge is 2.12. The third-order valence-electron chi connectivity index (χ3n) is 3.57. The molecule has 0 radical (unpaired) electrons. The second-order valence-electron chi connectivity index (χ2n) is 5.25. The molecule has 0 aliphatic rings. The molecule has 2 N–H and O–H groups in total. The van der Waals surface area contributed by atoms with Crippen molar-refractivity contribution in [2.75, 3.05) is 17.2 Å².